The Morgan fingerprint density at radius 2 is 1.25 bits per heavy atom. The normalized spacial score (nSPS) is 2.25. The first-order valence-corrected chi connectivity index (χ1v) is 5.20. The molecular formula is H8AlMnPSi. The summed E-state index contributed by atoms with van der Waals surface area (Å²) < 4.78 is 0. The van der Waals surface area contributed by atoms with E-state index in [-0.39, 0.29) is 34.4 Å². The van der Waals surface area contributed by atoms with Gasteiger partial charge in [-0.1, -0.05) is 0 Å². The molecule has 0 amide bonds. The Hall–Kier alpha value is 1.70. The van der Waals surface area contributed by atoms with Gasteiger partial charge < -0.3 is 0 Å². The maximum atomic E-state index is 2.56. The Bertz CT molecular complexity index is 8.00. The third-order valence-corrected chi connectivity index (χ3v) is 0. The summed E-state index contributed by atoms with van der Waals surface area (Å²) in [5.74, 6) is 0. The second kappa shape index (κ2) is 22.3. The summed E-state index contributed by atoms with van der Waals surface area (Å²) in [4.78, 5) is 0. The molecule has 4 heteroatoms. The smallest absolute Gasteiger partial charge is 0.159 e. The van der Waals surface area contributed by atoms with Gasteiger partial charge in [0.15, 0.2) is 17.4 Å². The second-order valence-electron chi connectivity index (χ2n) is 0. The van der Waals surface area contributed by atoms with Gasteiger partial charge in [0.05, 0.1) is 0 Å². The third kappa shape index (κ3) is 9.34. The standard InChI is InChI=1S/Al.Mn.H5PSi.3H/c;;1-2;;;/h;;1H2,2H3;;;. The van der Waals surface area contributed by atoms with Crippen LogP contribution in [0.5, 0.6) is 0 Å². The van der Waals surface area contributed by atoms with E-state index in [9.17, 15) is 0 Å². The molecule has 0 nitrogen and oxygen atoms in total. The van der Waals surface area contributed by atoms with Gasteiger partial charge in [-0.05, 0) is 0 Å². The Labute approximate surface area is 53.2 Å². The molecule has 0 saturated carbocycles. The molecule has 0 aliphatic heterocycles. The van der Waals surface area contributed by atoms with E-state index in [1.54, 1.807) is 0 Å². The van der Waals surface area contributed by atoms with E-state index in [1.807, 2.05) is 0 Å². The zero-order chi connectivity index (χ0) is 2.00. The SMILES string of the molecule is [AlH3].[Mn].[SiH3]P. The molecular weight excluding hydrogens is 141 g/mol. The van der Waals surface area contributed by atoms with Gasteiger partial charge in [-0.15, -0.1) is 0 Å². The van der Waals surface area contributed by atoms with Gasteiger partial charge in [-0.25, -0.2) is 0 Å². The monoisotopic (exact) mass is 149 g/mol. The molecule has 0 aliphatic rings. The van der Waals surface area contributed by atoms with Gasteiger partial charge in [-0.2, -0.15) is 8.79 Å². The van der Waals surface area contributed by atoms with E-state index in [2.05, 4.69) is 8.79 Å². The van der Waals surface area contributed by atoms with Crippen LogP contribution in [0, 0.1) is 0 Å². The average molecular weight is 149 g/mol. The van der Waals surface area contributed by atoms with E-state index in [0.29, 0.717) is 0 Å². The minimum absolute atomic E-state index is 0. The predicted molar refractivity (Wildman–Crippen MR) is 29.6 cm³/mol. The molecule has 0 aromatic carbocycles. The van der Waals surface area contributed by atoms with Gasteiger partial charge in [0, 0.05) is 27.0 Å². The molecule has 0 bridgehead atoms. The Morgan fingerprint density at radius 3 is 1.25 bits per heavy atom. The van der Waals surface area contributed by atoms with Crippen molar-refractivity contribution in [2.75, 3.05) is 0 Å². The van der Waals surface area contributed by atoms with Gasteiger partial charge in [-0.3, -0.25) is 0 Å². The first-order valence-electron chi connectivity index (χ1n) is 0.577. The summed E-state index contributed by atoms with van der Waals surface area (Å²) in [5, 5.41) is 0. The molecule has 0 saturated heterocycles. The van der Waals surface area contributed by atoms with Gasteiger partial charge >= 0.3 is 0 Å². The van der Waals surface area contributed by atoms with Crippen LogP contribution in [0.25, 0.3) is 0 Å². The van der Waals surface area contributed by atoms with Crippen molar-refractivity contribution < 1.29 is 17.1 Å². The van der Waals surface area contributed by atoms with Crippen molar-refractivity contribution in [3.63, 3.8) is 0 Å². The van der Waals surface area contributed by atoms with Crippen LogP contribution in [0.3, 0.4) is 0 Å². The molecule has 0 rings (SSSR count). The van der Waals surface area contributed by atoms with Crippen LogP contribution in [0.1, 0.15) is 0 Å². The minimum atomic E-state index is 0. The molecule has 0 N–H and O–H groups in total. The fraction of sp³-hybridized carbons (Fsp3) is 0. The zero-order valence-electron chi connectivity index (χ0n) is 1.96. The molecule has 4 heavy (non-hydrogen) atoms. The van der Waals surface area contributed by atoms with E-state index >= 15 is 0 Å². The van der Waals surface area contributed by atoms with Crippen LogP contribution in [-0.4, -0.2) is 27.3 Å². The molecule has 1 unspecified atom stereocenters. The van der Waals surface area contributed by atoms with Crippen molar-refractivity contribution in [2.24, 2.45) is 0 Å². The van der Waals surface area contributed by atoms with Crippen molar-refractivity contribution in [3.05, 3.63) is 0 Å². The largest absolute Gasteiger partial charge is 0.187 e. The van der Waals surface area contributed by atoms with Crippen molar-refractivity contribution in [1.82, 2.24) is 0 Å². The van der Waals surface area contributed by atoms with Crippen molar-refractivity contribution >= 4 is 36.1 Å². The van der Waals surface area contributed by atoms with Crippen LogP contribution in [0.15, 0.2) is 0 Å². The molecule has 0 fully saturated rings. The fourth-order valence-corrected chi connectivity index (χ4v) is 0. The maximum Gasteiger partial charge on any atom is 0.187 e. The summed E-state index contributed by atoms with van der Waals surface area (Å²) in [7, 11) is 3.78. The average Bonchev–Trinajstić information content (AvgIpc) is 1.00. The van der Waals surface area contributed by atoms with Crippen LogP contribution < -0.4 is 0 Å². The van der Waals surface area contributed by atoms with Gasteiger partial charge in [0.25, 0.3) is 0 Å². The summed E-state index contributed by atoms with van der Waals surface area (Å²) >= 11 is 0. The Kier molecular flexibility index (Phi) is 96.2. The van der Waals surface area contributed by atoms with E-state index in [4.69, 9.17) is 0 Å². The Morgan fingerprint density at radius 1 is 1.25 bits per heavy atom. The zero-order valence-corrected chi connectivity index (χ0v) is 6.29. The molecule has 0 aromatic rings. The molecule has 27 valence electrons. The van der Waals surface area contributed by atoms with Crippen molar-refractivity contribution in [2.45, 2.75) is 0 Å². The maximum absolute atomic E-state index is 2.56. The van der Waals surface area contributed by atoms with Crippen LogP contribution >= 0.6 is 8.79 Å². The summed E-state index contributed by atoms with van der Waals surface area (Å²) in [5.41, 5.74) is 0. The number of hydrogen-bond donors (Lipinski definition) is 0. The van der Waals surface area contributed by atoms with Gasteiger partial charge in [0.2, 0.25) is 0 Å². The molecule has 0 aromatic heterocycles. The topological polar surface area (TPSA) is 0 Å². The van der Waals surface area contributed by atoms with E-state index < -0.39 is 0 Å². The van der Waals surface area contributed by atoms with Crippen LogP contribution in [-0.2, 0) is 17.1 Å². The van der Waals surface area contributed by atoms with Crippen molar-refractivity contribution in [3.8, 4) is 0 Å². The molecule has 1 radical (unpaired) electrons. The number of hydrogen-bond acceptors (Lipinski definition) is 0. The summed E-state index contributed by atoms with van der Waals surface area (Å²) in [6.45, 7) is 0. The molecule has 1 atom stereocenters. The number of rotatable bonds is 0. The van der Waals surface area contributed by atoms with Crippen molar-refractivity contribution in [1.29, 1.82) is 0 Å². The molecule has 0 aliphatic carbocycles. The van der Waals surface area contributed by atoms with E-state index in [0.717, 1.165) is 0 Å². The Balaban J connectivity index is -0.00000000500. The summed E-state index contributed by atoms with van der Waals surface area (Å²) in [6, 6.07) is 0. The second-order valence-corrected chi connectivity index (χ2v) is 0. The molecule has 0 spiro atoms. The van der Waals surface area contributed by atoms with E-state index in [1.165, 1.54) is 9.91 Å². The van der Waals surface area contributed by atoms with Crippen LogP contribution in [0.2, 0.25) is 0 Å². The first-order chi connectivity index (χ1) is 1.00. The van der Waals surface area contributed by atoms with Crippen LogP contribution in [0.4, 0.5) is 0 Å². The third-order valence-electron chi connectivity index (χ3n) is 0. The minimum Gasteiger partial charge on any atom is -0.159 e. The van der Waals surface area contributed by atoms with Gasteiger partial charge in [0.1, 0.15) is 0 Å². The first kappa shape index (κ1) is 17.3. The fourth-order valence-electron chi connectivity index (χ4n) is 0. The predicted octanol–water partition coefficient (Wildman–Crippen LogP) is -2.04. The quantitative estimate of drug-likeness (QED) is 0.275. The summed E-state index contributed by atoms with van der Waals surface area (Å²) in [6.07, 6.45) is 0. The molecule has 0 heterocycles.